The Kier molecular flexibility index (Phi) is 5.74. The van der Waals surface area contributed by atoms with Crippen LogP contribution in [0.25, 0.3) is 0 Å². The van der Waals surface area contributed by atoms with Crippen LogP contribution >= 0.6 is 0 Å². The van der Waals surface area contributed by atoms with Gasteiger partial charge in [0.1, 0.15) is 17.5 Å². The van der Waals surface area contributed by atoms with Gasteiger partial charge >= 0.3 is 6.09 Å². The highest BCUT2D eigenvalue weighted by Crippen LogP contribution is 2.41. The van der Waals surface area contributed by atoms with E-state index in [0.29, 0.717) is 38.4 Å². The minimum Gasteiger partial charge on any atom is -0.497 e. The lowest BCUT2D eigenvalue weighted by molar-refractivity contribution is -0.134. The summed E-state index contributed by atoms with van der Waals surface area (Å²) >= 11 is 0. The Morgan fingerprint density at radius 3 is 2.27 bits per heavy atom. The van der Waals surface area contributed by atoms with Gasteiger partial charge in [-0.3, -0.25) is 10.1 Å². The quantitative estimate of drug-likeness (QED) is 0.702. The average Bonchev–Trinajstić information content (AvgIpc) is 3.66. The van der Waals surface area contributed by atoms with Crippen LogP contribution in [0, 0.1) is 0 Å². The average molecular weight is 450 g/mol. The highest BCUT2D eigenvalue weighted by molar-refractivity contribution is 5.89. The van der Waals surface area contributed by atoms with E-state index < -0.39 is 11.6 Å². The fourth-order valence-corrected chi connectivity index (χ4v) is 5.13. The number of nitrogens with zero attached hydrogens (tertiary/aromatic N) is 2. The molecule has 2 aliphatic heterocycles. The number of hydrogen-bond acceptors (Lipinski definition) is 4. The molecule has 174 valence electrons. The van der Waals surface area contributed by atoms with Crippen molar-refractivity contribution in [2.24, 2.45) is 0 Å². The number of hydrogen-bond donors (Lipinski definition) is 2. The maximum Gasteiger partial charge on any atom is 0.407 e. The maximum atomic E-state index is 13.7. The number of nitrogens with one attached hydrogen (secondary N) is 1. The number of methoxy groups -OCH3 is 1. The summed E-state index contributed by atoms with van der Waals surface area (Å²) in [6.45, 7) is 1.33. The molecular formula is C26H31N3O4. The molecule has 2 N–H and O–H groups in total. The smallest absolute Gasteiger partial charge is 0.407 e. The number of carbonyl (C=O) groups is 2. The van der Waals surface area contributed by atoms with Gasteiger partial charge in [0.05, 0.1) is 7.11 Å². The second-order valence-corrected chi connectivity index (χ2v) is 9.44. The van der Waals surface area contributed by atoms with E-state index in [4.69, 9.17) is 4.74 Å². The van der Waals surface area contributed by atoms with Crippen LogP contribution in [0.1, 0.15) is 54.5 Å². The van der Waals surface area contributed by atoms with E-state index in [1.54, 1.807) is 7.11 Å². The molecule has 2 saturated heterocycles. The number of benzene rings is 2. The lowest BCUT2D eigenvalue weighted by Crippen LogP contribution is -2.55. The van der Waals surface area contributed by atoms with E-state index in [0.717, 1.165) is 23.3 Å². The van der Waals surface area contributed by atoms with E-state index in [1.165, 1.54) is 23.3 Å². The van der Waals surface area contributed by atoms with Crippen LogP contribution < -0.4 is 10.1 Å². The van der Waals surface area contributed by atoms with Crippen LogP contribution in [0.5, 0.6) is 5.75 Å². The Morgan fingerprint density at radius 2 is 1.70 bits per heavy atom. The van der Waals surface area contributed by atoms with Crippen LogP contribution in [0.15, 0.2) is 48.5 Å². The van der Waals surface area contributed by atoms with E-state index >= 15 is 0 Å². The molecule has 5 rings (SSSR count). The molecule has 0 bridgehead atoms. The normalized spacial score (nSPS) is 22.1. The number of piperidine rings is 1. The third-order valence-electron chi connectivity index (χ3n) is 7.38. The fourth-order valence-electron chi connectivity index (χ4n) is 5.13. The lowest BCUT2D eigenvalue weighted by atomic mass is 9.87. The van der Waals surface area contributed by atoms with E-state index in [1.807, 2.05) is 29.2 Å². The van der Waals surface area contributed by atoms with Crippen molar-refractivity contribution in [2.75, 3.05) is 26.7 Å². The highest BCUT2D eigenvalue weighted by atomic mass is 16.5. The van der Waals surface area contributed by atoms with E-state index in [-0.39, 0.29) is 12.1 Å². The Balaban J connectivity index is 1.37. The zero-order valence-electron chi connectivity index (χ0n) is 19.0. The number of carboxylic acid groups (broad SMARTS) is 1. The predicted molar refractivity (Wildman–Crippen MR) is 124 cm³/mol. The molecule has 2 amide bonds. The van der Waals surface area contributed by atoms with Crippen LogP contribution in [-0.4, -0.2) is 59.2 Å². The zero-order valence-corrected chi connectivity index (χ0v) is 19.0. The second kappa shape index (κ2) is 8.71. The van der Waals surface area contributed by atoms with Gasteiger partial charge in [-0.15, -0.1) is 0 Å². The molecule has 1 spiro atoms. The number of rotatable bonds is 6. The number of likely N-dealkylation sites (tertiary alicyclic amines) is 1. The molecule has 7 heteroatoms. The monoisotopic (exact) mass is 449 g/mol. The minimum atomic E-state index is -0.918. The molecular weight excluding hydrogens is 418 g/mol. The van der Waals surface area contributed by atoms with Crippen LogP contribution in [0.4, 0.5) is 4.79 Å². The van der Waals surface area contributed by atoms with Crippen LogP contribution in [0.2, 0.25) is 0 Å². The van der Waals surface area contributed by atoms with E-state index in [9.17, 15) is 14.7 Å². The number of carbonyl (C=O) groups excluding carboxylic acids is 1. The maximum absolute atomic E-state index is 13.7. The third-order valence-corrected chi connectivity index (χ3v) is 7.38. The number of ether oxygens (including phenoxy) is 1. The molecule has 7 nitrogen and oxygen atoms in total. The predicted octanol–water partition coefficient (Wildman–Crippen LogP) is 3.76. The molecule has 1 aliphatic carbocycles. The Bertz CT molecular complexity index is 1010. The fraction of sp³-hybridized carbons (Fsp3) is 0.462. The first-order valence-corrected chi connectivity index (χ1v) is 11.8. The summed E-state index contributed by atoms with van der Waals surface area (Å²) in [4.78, 5) is 28.5. The highest BCUT2D eigenvalue weighted by Gasteiger charge is 2.52. The van der Waals surface area contributed by atoms with Crippen molar-refractivity contribution in [3.8, 4) is 5.75 Å². The molecule has 2 heterocycles. The zero-order chi connectivity index (χ0) is 23.0. The van der Waals surface area contributed by atoms with Gasteiger partial charge < -0.3 is 19.6 Å². The molecule has 0 aromatic heterocycles. The van der Waals surface area contributed by atoms with Crippen molar-refractivity contribution < 1.29 is 19.4 Å². The number of amides is 2. The van der Waals surface area contributed by atoms with Crippen molar-refractivity contribution in [1.82, 2.24) is 15.1 Å². The Hall–Kier alpha value is -3.06. The summed E-state index contributed by atoms with van der Waals surface area (Å²) in [7, 11) is 1.65. The van der Waals surface area contributed by atoms with Crippen LogP contribution in [0.3, 0.4) is 0 Å². The lowest BCUT2D eigenvalue weighted by Gasteiger charge is -2.36. The van der Waals surface area contributed by atoms with Gasteiger partial charge in [-0.2, -0.15) is 0 Å². The molecule has 2 aromatic rings. The molecule has 3 fully saturated rings. The van der Waals surface area contributed by atoms with Gasteiger partial charge in [0, 0.05) is 19.6 Å². The minimum absolute atomic E-state index is 0.0809. The largest absolute Gasteiger partial charge is 0.497 e. The van der Waals surface area contributed by atoms with Crippen molar-refractivity contribution in [1.29, 1.82) is 0 Å². The standard InChI is InChI=1S/C26H31N3O4/c1-33-22-10-2-18(3-11-22)12-15-29-23(21-8-6-20(7-9-21)19-4-5-19)27-26(24(29)30)13-16-28(17-14-26)25(31)32/h2-3,6-11,19,23,27H,4-5,12-17H2,1H3,(H,31,32). The van der Waals surface area contributed by atoms with Gasteiger partial charge in [0.2, 0.25) is 5.91 Å². The Labute approximate surface area is 194 Å². The van der Waals surface area contributed by atoms with Crippen molar-refractivity contribution >= 4 is 12.0 Å². The molecule has 2 aromatic carbocycles. The van der Waals surface area contributed by atoms with Gasteiger partial charge in [0.15, 0.2) is 0 Å². The van der Waals surface area contributed by atoms with Crippen molar-refractivity contribution in [3.05, 3.63) is 65.2 Å². The van der Waals surface area contributed by atoms with Gasteiger partial charge in [-0.05, 0) is 66.8 Å². The van der Waals surface area contributed by atoms with Gasteiger partial charge in [-0.1, -0.05) is 36.4 Å². The summed E-state index contributed by atoms with van der Waals surface area (Å²) in [6, 6.07) is 16.6. The molecule has 33 heavy (non-hydrogen) atoms. The van der Waals surface area contributed by atoms with Crippen LogP contribution in [-0.2, 0) is 11.2 Å². The first kappa shape index (κ1) is 21.8. The van der Waals surface area contributed by atoms with Gasteiger partial charge in [0.25, 0.3) is 0 Å². The SMILES string of the molecule is COc1ccc(CCN2C(=O)C3(CCN(C(=O)O)CC3)NC2c2ccc(C3CC3)cc2)cc1. The topological polar surface area (TPSA) is 82.1 Å². The molecule has 1 saturated carbocycles. The molecule has 3 aliphatic rings. The van der Waals surface area contributed by atoms with Crippen molar-refractivity contribution in [3.63, 3.8) is 0 Å². The first-order chi connectivity index (χ1) is 16.0. The molecule has 1 unspecified atom stereocenters. The summed E-state index contributed by atoms with van der Waals surface area (Å²) < 4.78 is 5.25. The molecule has 1 atom stereocenters. The second-order valence-electron chi connectivity index (χ2n) is 9.44. The Morgan fingerprint density at radius 1 is 1.06 bits per heavy atom. The van der Waals surface area contributed by atoms with Crippen molar-refractivity contribution in [2.45, 2.75) is 49.7 Å². The summed E-state index contributed by atoms with van der Waals surface area (Å²) in [6.07, 6.45) is 3.12. The third kappa shape index (κ3) is 4.29. The molecule has 0 radical (unpaired) electrons. The summed E-state index contributed by atoms with van der Waals surface area (Å²) in [5, 5.41) is 13.0. The summed E-state index contributed by atoms with van der Waals surface area (Å²) in [5.74, 6) is 1.59. The van der Waals surface area contributed by atoms with E-state index in [2.05, 4.69) is 29.6 Å². The van der Waals surface area contributed by atoms with Gasteiger partial charge in [-0.25, -0.2) is 4.79 Å². The first-order valence-electron chi connectivity index (χ1n) is 11.8. The summed E-state index contributed by atoms with van der Waals surface area (Å²) in [5.41, 5.74) is 2.90.